The standard InChI is InChI=1S/C11H9NO2S/c13-8-6-9-10-7(11(8)14)2-4-12(10)3-1-5-15-9/h2,4,6H,1,3,5H2. The maximum atomic E-state index is 11.6. The third-order valence-electron chi connectivity index (χ3n) is 2.73. The van der Waals surface area contributed by atoms with Gasteiger partial charge in [-0.25, -0.2) is 0 Å². The van der Waals surface area contributed by atoms with Crippen LogP contribution in [-0.4, -0.2) is 21.9 Å². The summed E-state index contributed by atoms with van der Waals surface area (Å²) in [6, 6.07) is 1.76. The lowest BCUT2D eigenvalue weighted by molar-refractivity contribution is -0.110. The van der Waals surface area contributed by atoms with Crippen LogP contribution in [0.15, 0.2) is 18.3 Å². The SMILES string of the molecule is O=C1C=C2SCCCn3ccc(c32)C1=O. The van der Waals surface area contributed by atoms with Crippen LogP contribution >= 0.6 is 11.8 Å². The molecule has 0 aromatic carbocycles. The van der Waals surface area contributed by atoms with Crippen LogP contribution in [0.5, 0.6) is 0 Å². The highest BCUT2D eigenvalue weighted by atomic mass is 32.2. The van der Waals surface area contributed by atoms with Crippen LogP contribution in [0.1, 0.15) is 22.5 Å². The van der Waals surface area contributed by atoms with Crippen LogP contribution in [0.25, 0.3) is 4.91 Å². The molecule has 0 N–H and O–H groups in total. The Labute approximate surface area is 91.2 Å². The number of Topliss-reactive ketones (excluding diaryl/α,β-unsaturated/α-hetero) is 1. The molecular formula is C11H9NO2S. The number of hydrogen-bond donors (Lipinski definition) is 0. The Morgan fingerprint density at radius 3 is 3.07 bits per heavy atom. The van der Waals surface area contributed by atoms with E-state index >= 15 is 0 Å². The molecule has 0 bridgehead atoms. The second kappa shape index (κ2) is 3.10. The average Bonchev–Trinajstić information content (AvgIpc) is 2.54. The lowest BCUT2D eigenvalue weighted by Gasteiger charge is -2.12. The van der Waals surface area contributed by atoms with Gasteiger partial charge in [-0.15, -0.1) is 11.8 Å². The van der Waals surface area contributed by atoms with Crippen molar-refractivity contribution in [2.75, 3.05) is 5.75 Å². The van der Waals surface area contributed by atoms with Crippen LogP contribution < -0.4 is 0 Å². The van der Waals surface area contributed by atoms with Gasteiger partial charge in [0, 0.05) is 23.7 Å². The molecule has 15 heavy (non-hydrogen) atoms. The zero-order chi connectivity index (χ0) is 10.4. The van der Waals surface area contributed by atoms with Crippen molar-refractivity contribution in [3.8, 4) is 0 Å². The lowest BCUT2D eigenvalue weighted by Crippen LogP contribution is -2.18. The van der Waals surface area contributed by atoms with Gasteiger partial charge in [0.15, 0.2) is 0 Å². The Bertz CT molecular complexity index is 499. The Kier molecular flexibility index (Phi) is 1.85. The van der Waals surface area contributed by atoms with Crippen molar-refractivity contribution in [2.24, 2.45) is 0 Å². The maximum Gasteiger partial charge on any atom is 0.235 e. The number of aromatic nitrogens is 1. The molecule has 4 heteroatoms. The number of thioether (sulfide) groups is 1. The number of carbonyl (C=O) groups excluding carboxylic acids is 2. The van der Waals surface area contributed by atoms with Crippen molar-refractivity contribution in [1.29, 1.82) is 0 Å². The van der Waals surface area contributed by atoms with E-state index in [1.807, 2.05) is 6.20 Å². The fourth-order valence-corrected chi connectivity index (χ4v) is 3.08. The average molecular weight is 219 g/mol. The number of allylic oxidation sites excluding steroid dienone is 1. The number of ketones is 2. The van der Waals surface area contributed by atoms with Crippen molar-refractivity contribution >= 4 is 28.2 Å². The highest BCUT2D eigenvalue weighted by Crippen LogP contribution is 2.36. The summed E-state index contributed by atoms with van der Waals surface area (Å²) >= 11 is 1.67. The molecule has 0 saturated carbocycles. The predicted molar refractivity (Wildman–Crippen MR) is 58.8 cm³/mol. The van der Waals surface area contributed by atoms with Gasteiger partial charge >= 0.3 is 0 Å². The molecule has 3 nitrogen and oxygen atoms in total. The molecule has 3 rings (SSSR count). The van der Waals surface area contributed by atoms with Crippen LogP contribution in [0.2, 0.25) is 0 Å². The second-order valence-electron chi connectivity index (χ2n) is 3.68. The van der Waals surface area contributed by atoms with Crippen molar-refractivity contribution < 1.29 is 9.59 Å². The molecule has 0 unspecified atom stereocenters. The van der Waals surface area contributed by atoms with E-state index in [-0.39, 0.29) is 11.6 Å². The minimum atomic E-state index is -0.385. The molecule has 0 fully saturated rings. The number of carbonyl (C=O) groups is 2. The fourth-order valence-electron chi connectivity index (χ4n) is 2.03. The fraction of sp³-hybridized carbons (Fsp3) is 0.273. The van der Waals surface area contributed by atoms with Crippen LogP contribution in [0, 0.1) is 0 Å². The first-order chi connectivity index (χ1) is 7.27. The number of aryl methyl sites for hydroxylation is 1. The summed E-state index contributed by atoms with van der Waals surface area (Å²) in [7, 11) is 0. The largest absolute Gasteiger partial charge is 0.346 e. The van der Waals surface area contributed by atoms with E-state index in [2.05, 4.69) is 4.57 Å². The summed E-state index contributed by atoms with van der Waals surface area (Å²) in [5.74, 6) is 0.258. The van der Waals surface area contributed by atoms with Crippen LogP contribution in [0.4, 0.5) is 0 Å². The quantitative estimate of drug-likeness (QED) is 0.624. The zero-order valence-electron chi connectivity index (χ0n) is 8.03. The van der Waals surface area contributed by atoms with Crippen molar-refractivity contribution in [3.05, 3.63) is 29.6 Å². The van der Waals surface area contributed by atoms with Gasteiger partial charge in [0.25, 0.3) is 0 Å². The molecular weight excluding hydrogens is 210 g/mol. The Balaban J connectivity index is 2.27. The third-order valence-corrected chi connectivity index (χ3v) is 3.84. The van der Waals surface area contributed by atoms with E-state index < -0.39 is 0 Å². The Morgan fingerprint density at radius 2 is 2.20 bits per heavy atom. The predicted octanol–water partition coefficient (Wildman–Crippen LogP) is 1.73. The van der Waals surface area contributed by atoms with Gasteiger partial charge in [0.05, 0.1) is 11.3 Å². The van der Waals surface area contributed by atoms with Crippen molar-refractivity contribution in [3.63, 3.8) is 0 Å². The highest BCUT2D eigenvalue weighted by Gasteiger charge is 2.29. The van der Waals surface area contributed by atoms with Gasteiger partial charge in [-0.3, -0.25) is 9.59 Å². The van der Waals surface area contributed by atoms with Gasteiger partial charge < -0.3 is 4.57 Å². The molecule has 0 atom stereocenters. The summed E-state index contributed by atoms with van der Waals surface area (Å²) in [6.45, 7) is 0.932. The summed E-state index contributed by atoms with van der Waals surface area (Å²) in [4.78, 5) is 24.0. The summed E-state index contributed by atoms with van der Waals surface area (Å²) in [6.07, 6.45) is 4.46. The molecule has 1 aromatic heterocycles. The van der Waals surface area contributed by atoms with Gasteiger partial charge in [-0.05, 0) is 18.2 Å². The first-order valence-electron chi connectivity index (χ1n) is 4.90. The Hall–Kier alpha value is -1.29. The van der Waals surface area contributed by atoms with Crippen molar-refractivity contribution in [2.45, 2.75) is 13.0 Å². The van der Waals surface area contributed by atoms with E-state index in [0.717, 1.165) is 29.3 Å². The normalized spacial score (nSPS) is 19.6. The lowest BCUT2D eigenvalue weighted by atomic mass is 10.0. The van der Waals surface area contributed by atoms with E-state index in [4.69, 9.17) is 0 Å². The monoisotopic (exact) mass is 219 g/mol. The molecule has 1 aromatic rings. The number of hydrogen-bond acceptors (Lipinski definition) is 3. The second-order valence-corrected chi connectivity index (χ2v) is 4.81. The van der Waals surface area contributed by atoms with Crippen LogP contribution in [0.3, 0.4) is 0 Å². The maximum absolute atomic E-state index is 11.6. The van der Waals surface area contributed by atoms with E-state index in [1.165, 1.54) is 6.08 Å². The first-order valence-corrected chi connectivity index (χ1v) is 5.88. The minimum absolute atomic E-state index is 0.366. The smallest absolute Gasteiger partial charge is 0.235 e. The summed E-state index contributed by atoms with van der Waals surface area (Å²) in [5, 5.41) is 0. The third kappa shape index (κ3) is 1.21. The summed E-state index contributed by atoms with van der Waals surface area (Å²) in [5.41, 5.74) is 1.52. The topological polar surface area (TPSA) is 39.1 Å². The van der Waals surface area contributed by atoms with E-state index in [0.29, 0.717) is 5.56 Å². The summed E-state index contributed by atoms with van der Waals surface area (Å²) < 4.78 is 2.07. The van der Waals surface area contributed by atoms with Crippen molar-refractivity contribution in [1.82, 2.24) is 4.57 Å². The molecule has 0 saturated heterocycles. The zero-order valence-corrected chi connectivity index (χ0v) is 8.84. The Morgan fingerprint density at radius 1 is 1.33 bits per heavy atom. The van der Waals surface area contributed by atoms with Gasteiger partial charge in [-0.2, -0.15) is 0 Å². The number of nitrogens with zero attached hydrogens (tertiary/aromatic N) is 1. The molecule has 0 amide bonds. The molecule has 0 spiro atoms. The molecule has 2 heterocycles. The molecule has 76 valence electrons. The minimum Gasteiger partial charge on any atom is -0.346 e. The van der Waals surface area contributed by atoms with Gasteiger partial charge in [0.2, 0.25) is 11.6 Å². The van der Waals surface area contributed by atoms with Gasteiger partial charge in [-0.1, -0.05) is 0 Å². The van der Waals surface area contributed by atoms with Gasteiger partial charge in [0.1, 0.15) is 0 Å². The first kappa shape index (κ1) is 8.97. The van der Waals surface area contributed by atoms with Crippen LogP contribution in [-0.2, 0) is 11.3 Å². The molecule has 1 aliphatic carbocycles. The van der Waals surface area contributed by atoms with E-state index in [1.54, 1.807) is 17.8 Å². The molecule has 2 aliphatic rings. The highest BCUT2D eigenvalue weighted by molar-refractivity contribution is 8.08. The number of rotatable bonds is 0. The molecule has 1 aliphatic heterocycles. The van der Waals surface area contributed by atoms with E-state index in [9.17, 15) is 9.59 Å². The molecule has 0 radical (unpaired) electrons.